The van der Waals surface area contributed by atoms with Crippen LogP contribution < -0.4 is 14.8 Å². The summed E-state index contributed by atoms with van der Waals surface area (Å²) < 4.78 is 12.8. The van der Waals surface area contributed by atoms with Crippen LogP contribution in [0.5, 0.6) is 11.5 Å². The van der Waals surface area contributed by atoms with Gasteiger partial charge >= 0.3 is 0 Å². The summed E-state index contributed by atoms with van der Waals surface area (Å²) in [6.45, 7) is 4.47. The minimum atomic E-state index is -0.151. The third-order valence-corrected chi connectivity index (χ3v) is 6.00. The zero-order valence-corrected chi connectivity index (χ0v) is 20.1. The fraction of sp³-hybridized carbons (Fsp3) is 0.192. The third kappa shape index (κ3) is 5.40. The van der Waals surface area contributed by atoms with Crippen molar-refractivity contribution in [2.75, 3.05) is 24.8 Å². The Morgan fingerprint density at radius 2 is 1.74 bits per heavy atom. The van der Waals surface area contributed by atoms with Crippen LogP contribution in [0.4, 0.5) is 5.69 Å². The summed E-state index contributed by atoms with van der Waals surface area (Å²) in [6, 6.07) is 23.2. The van der Waals surface area contributed by atoms with Crippen molar-refractivity contribution in [2.45, 2.75) is 19.0 Å². The molecule has 4 aromatic rings. The summed E-state index contributed by atoms with van der Waals surface area (Å²) in [5.41, 5.74) is 3.63. The highest BCUT2D eigenvalue weighted by molar-refractivity contribution is 7.99. The molecule has 0 atom stereocenters. The van der Waals surface area contributed by atoms with Gasteiger partial charge in [0.1, 0.15) is 11.5 Å². The van der Waals surface area contributed by atoms with E-state index in [0.29, 0.717) is 29.0 Å². The second-order valence-corrected chi connectivity index (χ2v) is 8.41. The van der Waals surface area contributed by atoms with Crippen molar-refractivity contribution in [2.24, 2.45) is 0 Å². The average Bonchev–Trinajstić information content (AvgIpc) is 3.28. The first-order valence-electron chi connectivity index (χ1n) is 10.9. The molecule has 0 aliphatic rings. The van der Waals surface area contributed by atoms with Gasteiger partial charge in [0.05, 0.1) is 25.2 Å². The summed E-state index contributed by atoms with van der Waals surface area (Å²) in [5, 5.41) is 12.4. The molecular formula is C26H26N4O3S. The average molecular weight is 475 g/mol. The van der Waals surface area contributed by atoms with Crippen LogP contribution in [0.1, 0.15) is 12.5 Å². The first kappa shape index (κ1) is 23.4. The van der Waals surface area contributed by atoms with Gasteiger partial charge in [0, 0.05) is 11.3 Å². The normalized spacial score (nSPS) is 10.7. The maximum atomic E-state index is 12.7. The van der Waals surface area contributed by atoms with Crippen molar-refractivity contribution in [3.05, 3.63) is 78.4 Å². The molecule has 0 spiro atoms. The first-order valence-corrected chi connectivity index (χ1v) is 11.9. The number of aryl methyl sites for hydroxylation is 1. The maximum absolute atomic E-state index is 12.7. The number of aromatic nitrogens is 3. The Labute approximate surface area is 203 Å². The van der Waals surface area contributed by atoms with E-state index in [2.05, 4.69) is 15.5 Å². The number of hydrogen-bond acceptors (Lipinski definition) is 6. The van der Waals surface area contributed by atoms with E-state index >= 15 is 0 Å². The Kier molecular flexibility index (Phi) is 7.49. The van der Waals surface area contributed by atoms with Gasteiger partial charge in [-0.15, -0.1) is 10.2 Å². The lowest BCUT2D eigenvalue weighted by Gasteiger charge is -2.12. The quantitative estimate of drug-likeness (QED) is 0.328. The topological polar surface area (TPSA) is 78.3 Å². The summed E-state index contributed by atoms with van der Waals surface area (Å²) in [6.07, 6.45) is 0. The van der Waals surface area contributed by atoms with Crippen molar-refractivity contribution < 1.29 is 14.3 Å². The molecule has 7 nitrogen and oxygen atoms in total. The molecule has 0 aliphatic carbocycles. The molecule has 0 fully saturated rings. The Morgan fingerprint density at radius 1 is 1.00 bits per heavy atom. The van der Waals surface area contributed by atoms with Gasteiger partial charge in [-0.25, -0.2) is 0 Å². The van der Waals surface area contributed by atoms with E-state index in [0.717, 1.165) is 22.6 Å². The van der Waals surface area contributed by atoms with E-state index in [1.165, 1.54) is 11.8 Å². The molecule has 8 heteroatoms. The third-order valence-electron chi connectivity index (χ3n) is 5.07. The molecule has 0 unspecified atom stereocenters. The van der Waals surface area contributed by atoms with Crippen LogP contribution in [0.25, 0.3) is 17.1 Å². The number of carbonyl (C=O) groups is 1. The number of amides is 1. The van der Waals surface area contributed by atoms with Gasteiger partial charge in [-0.3, -0.25) is 9.36 Å². The van der Waals surface area contributed by atoms with Crippen molar-refractivity contribution in [3.63, 3.8) is 0 Å². The number of para-hydroxylation sites is 2. The van der Waals surface area contributed by atoms with Gasteiger partial charge in [-0.05, 0) is 62.4 Å². The van der Waals surface area contributed by atoms with E-state index in [1.54, 1.807) is 7.11 Å². The minimum Gasteiger partial charge on any atom is -0.497 e. The molecule has 0 bridgehead atoms. The van der Waals surface area contributed by atoms with E-state index < -0.39 is 0 Å². The Bertz CT molecular complexity index is 1250. The molecule has 0 saturated carbocycles. The van der Waals surface area contributed by atoms with E-state index in [4.69, 9.17) is 9.47 Å². The molecule has 1 amide bonds. The molecule has 4 rings (SSSR count). The number of thioether (sulfide) groups is 1. The number of rotatable bonds is 9. The number of anilines is 1. The van der Waals surface area contributed by atoms with Crippen LogP contribution in [-0.2, 0) is 4.79 Å². The molecule has 3 aromatic carbocycles. The predicted molar refractivity (Wildman–Crippen MR) is 135 cm³/mol. The zero-order chi connectivity index (χ0) is 23.9. The highest BCUT2D eigenvalue weighted by atomic mass is 32.2. The van der Waals surface area contributed by atoms with E-state index in [-0.39, 0.29) is 11.7 Å². The highest BCUT2D eigenvalue weighted by Gasteiger charge is 2.18. The predicted octanol–water partition coefficient (Wildman–Crippen LogP) is 5.38. The smallest absolute Gasteiger partial charge is 0.234 e. The number of nitrogens with one attached hydrogen (secondary N) is 1. The number of benzene rings is 3. The Hall–Kier alpha value is -3.78. The molecule has 1 heterocycles. The Balaban J connectivity index is 1.58. The minimum absolute atomic E-state index is 0.151. The van der Waals surface area contributed by atoms with Crippen LogP contribution >= 0.6 is 11.8 Å². The van der Waals surface area contributed by atoms with Crippen molar-refractivity contribution in [3.8, 4) is 28.6 Å². The van der Waals surface area contributed by atoms with E-state index in [1.807, 2.05) is 91.2 Å². The van der Waals surface area contributed by atoms with Crippen LogP contribution in [0, 0.1) is 6.92 Å². The summed E-state index contributed by atoms with van der Waals surface area (Å²) in [7, 11) is 1.64. The molecule has 1 N–H and O–H groups in total. The van der Waals surface area contributed by atoms with Crippen molar-refractivity contribution in [1.82, 2.24) is 14.8 Å². The largest absolute Gasteiger partial charge is 0.497 e. The van der Waals surface area contributed by atoms with E-state index in [9.17, 15) is 4.79 Å². The standard InChI is InChI=1S/C26H26N4O3S/c1-4-33-23-8-6-5-7-22(23)27-24(31)17-34-26-29-28-25(19-11-15-21(32-3)16-12-19)30(26)20-13-9-18(2)10-14-20/h5-16H,4,17H2,1-3H3,(H,27,31). The fourth-order valence-electron chi connectivity index (χ4n) is 3.38. The van der Waals surface area contributed by atoms with Crippen molar-refractivity contribution >= 4 is 23.4 Å². The van der Waals surface area contributed by atoms with Crippen LogP contribution in [0.15, 0.2) is 78.0 Å². The summed E-state index contributed by atoms with van der Waals surface area (Å²) >= 11 is 1.33. The monoisotopic (exact) mass is 474 g/mol. The van der Waals surface area contributed by atoms with Crippen LogP contribution in [0.3, 0.4) is 0 Å². The first-order chi connectivity index (χ1) is 16.6. The molecule has 0 radical (unpaired) electrons. The second kappa shape index (κ2) is 10.9. The lowest BCUT2D eigenvalue weighted by molar-refractivity contribution is -0.113. The lowest BCUT2D eigenvalue weighted by atomic mass is 10.2. The number of ether oxygens (including phenoxy) is 2. The van der Waals surface area contributed by atoms with Gasteiger partial charge in [0.2, 0.25) is 5.91 Å². The lowest BCUT2D eigenvalue weighted by Crippen LogP contribution is -2.15. The molecule has 0 saturated heterocycles. The number of carbonyl (C=O) groups excluding carboxylic acids is 1. The van der Waals surface area contributed by atoms with Gasteiger partial charge < -0.3 is 14.8 Å². The summed E-state index contributed by atoms with van der Waals surface area (Å²) in [4.78, 5) is 12.7. The molecule has 0 aliphatic heterocycles. The van der Waals surface area contributed by atoms with Crippen LogP contribution in [0.2, 0.25) is 0 Å². The van der Waals surface area contributed by atoms with Gasteiger partial charge in [-0.2, -0.15) is 0 Å². The van der Waals surface area contributed by atoms with Crippen LogP contribution in [-0.4, -0.2) is 40.1 Å². The van der Waals surface area contributed by atoms with Gasteiger partial charge in [0.25, 0.3) is 0 Å². The molecule has 1 aromatic heterocycles. The SMILES string of the molecule is CCOc1ccccc1NC(=O)CSc1nnc(-c2ccc(OC)cc2)n1-c1ccc(C)cc1. The second-order valence-electron chi connectivity index (χ2n) is 7.47. The van der Waals surface area contributed by atoms with Crippen molar-refractivity contribution in [1.29, 1.82) is 0 Å². The summed E-state index contributed by atoms with van der Waals surface area (Å²) in [5.74, 6) is 2.13. The molecule has 34 heavy (non-hydrogen) atoms. The Morgan fingerprint density at radius 3 is 2.44 bits per heavy atom. The number of nitrogens with zero attached hydrogens (tertiary/aromatic N) is 3. The zero-order valence-electron chi connectivity index (χ0n) is 19.3. The maximum Gasteiger partial charge on any atom is 0.234 e. The molecular weight excluding hydrogens is 448 g/mol. The molecule has 174 valence electrons. The van der Waals surface area contributed by atoms with Gasteiger partial charge in [-0.1, -0.05) is 41.6 Å². The fourth-order valence-corrected chi connectivity index (χ4v) is 4.14. The highest BCUT2D eigenvalue weighted by Crippen LogP contribution is 2.30. The number of hydrogen-bond donors (Lipinski definition) is 1. The van der Waals surface area contributed by atoms with Gasteiger partial charge in [0.15, 0.2) is 11.0 Å². The number of methoxy groups -OCH3 is 1.